The third-order valence-corrected chi connectivity index (χ3v) is 7.54. The van der Waals surface area contributed by atoms with E-state index in [1.165, 1.54) is 0 Å². The summed E-state index contributed by atoms with van der Waals surface area (Å²) in [5.74, 6) is -12.6. The van der Waals surface area contributed by atoms with Crippen LogP contribution in [0.1, 0.15) is 21.7 Å². The summed E-state index contributed by atoms with van der Waals surface area (Å²) in [4.78, 5) is 28.2. The Bertz CT molecular complexity index is 1090. The highest BCUT2D eigenvalue weighted by Gasteiger charge is 2.62. The lowest BCUT2D eigenvalue weighted by molar-refractivity contribution is -0.267. The molecule has 1 aromatic heterocycles. The zero-order valence-electron chi connectivity index (χ0n) is 15.1. The number of hydrogen-bond acceptors (Lipinski definition) is 4. The molecule has 0 saturated carbocycles. The largest absolute Gasteiger partial charge is 0.492 e. The summed E-state index contributed by atoms with van der Waals surface area (Å²) in [7, 11) is -6.03. The second-order valence-corrected chi connectivity index (χ2v) is 9.74. The van der Waals surface area contributed by atoms with E-state index in [1.807, 2.05) is 0 Å². The van der Waals surface area contributed by atoms with Crippen molar-refractivity contribution in [2.24, 2.45) is 5.73 Å². The Labute approximate surface area is 185 Å². The van der Waals surface area contributed by atoms with Gasteiger partial charge in [0.1, 0.15) is 10.6 Å². The third-order valence-electron chi connectivity index (χ3n) is 4.05. The predicted molar refractivity (Wildman–Crippen MR) is 100.0 cm³/mol. The molecule has 0 atom stereocenters. The molecule has 0 aliphatic heterocycles. The minimum atomic E-state index is -6.03. The van der Waals surface area contributed by atoms with Crippen molar-refractivity contribution in [1.82, 2.24) is 0 Å². The van der Waals surface area contributed by atoms with Crippen LogP contribution < -0.4 is 10.5 Å². The van der Waals surface area contributed by atoms with Crippen molar-refractivity contribution in [3.05, 3.63) is 27.0 Å². The Morgan fingerprint density at radius 3 is 2.22 bits per heavy atom. The number of carbonyl (C=O) groups is 1. The van der Waals surface area contributed by atoms with E-state index in [4.69, 9.17) is 20.3 Å². The molecule has 1 aromatic carbocycles. The van der Waals surface area contributed by atoms with Crippen molar-refractivity contribution in [3.63, 3.8) is 0 Å². The van der Waals surface area contributed by atoms with Crippen molar-refractivity contribution in [2.45, 2.75) is 30.4 Å². The normalized spacial score (nSPS) is 13.8. The van der Waals surface area contributed by atoms with Crippen molar-refractivity contribution in [2.75, 3.05) is 6.61 Å². The highest BCUT2D eigenvalue weighted by atomic mass is 79.9. The Kier molecular flexibility index (Phi) is 7.28. The maximum atomic E-state index is 14.2. The lowest BCUT2D eigenvalue weighted by atomic mass is 10.1. The number of alkyl halides is 8. The summed E-state index contributed by atoms with van der Waals surface area (Å²) in [6.07, 6.45) is -6.59. The lowest BCUT2D eigenvalue weighted by Crippen LogP contribution is -2.47. The van der Waals surface area contributed by atoms with Crippen LogP contribution in [0.5, 0.6) is 5.75 Å². The van der Waals surface area contributed by atoms with E-state index in [0.29, 0.717) is 0 Å². The molecule has 0 spiro atoms. The van der Waals surface area contributed by atoms with Crippen LogP contribution in [0.15, 0.2) is 16.6 Å². The van der Waals surface area contributed by atoms with Crippen LogP contribution >= 0.6 is 34.9 Å². The predicted octanol–water partition coefficient (Wildman–Crippen LogP) is 5.29. The Hall–Kier alpha value is -1.48. The van der Waals surface area contributed by atoms with E-state index < -0.39 is 71.1 Å². The van der Waals surface area contributed by atoms with E-state index in [2.05, 4.69) is 15.9 Å². The van der Waals surface area contributed by atoms with Crippen LogP contribution in [0.4, 0.5) is 35.1 Å². The zero-order valence-corrected chi connectivity index (χ0v) is 18.4. The number of ether oxygens (including phenoxy) is 1. The van der Waals surface area contributed by atoms with Gasteiger partial charge in [0, 0.05) is 15.4 Å². The lowest BCUT2D eigenvalue weighted by Gasteiger charge is -2.25. The first kappa shape index (κ1) is 26.8. The average Bonchev–Trinajstić information content (AvgIpc) is 2.97. The second-order valence-electron chi connectivity index (χ2n) is 6.27. The molecule has 32 heavy (non-hydrogen) atoms. The first-order valence-electron chi connectivity index (χ1n) is 8.01. The quantitative estimate of drug-likeness (QED) is 0.276. The van der Waals surface area contributed by atoms with Crippen LogP contribution in [-0.2, 0) is 10.2 Å². The number of carbonyl (C=O) groups excluding carboxylic acids is 1. The summed E-state index contributed by atoms with van der Waals surface area (Å²) < 4.78 is 121. The molecule has 2 aromatic rings. The summed E-state index contributed by atoms with van der Waals surface area (Å²) in [5.41, 5.74) is -0.0251. The van der Waals surface area contributed by atoms with Crippen LogP contribution in [0, 0.1) is 0 Å². The molecule has 1 amide bonds. The van der Waals surface area contributed by atoms with Gasteiger partial charge in [-0.25, -0.2) is 8.78 Å². The second kappa shape index (κ2) is 8.70. The van der Waals surface area contributed by atoms with Crippen molar-refractivity contribution >= 4 is 50.9 Å². The average molecular weight is 580 g/mol. The van der Waals surface area contributed by atoms with Gasteiger partial charge in [0.15, 0.2) is 0 Å². The van der Waals surface area contributed by atoms with Crippen molar-refractivity contribution in [3.8, 4) is 5.75 Å². The molecule has 1 heterocycles. The molecule has 2 rings (SSSR count). The topological polar surface area (TPSA) is 110 Å². The zero-order chi connectivity index (χ0) is 24.9. The van der Waals surface area contributed by atoms with Gasteiger partial charge in [0.2, 0.25) is 5.91 Å². The Morgan fingerprint density at radius 1 is 1.19 bits per heavy atom. The fourth-order valence-electron chi connectivity index (χ4n) is 2.33. The molecule has 0 aliphatic rings. The highest BCUT2D eigenvalue weighted by Crippen LogP contribution is 2.63. The maximum absolute atomic E-state index is 14.2. The van der Waals surface area contributed by atoms with Crippen LogP contribution in [-0.4, -0.2) is 40.6 Å². The van der Waals surface area contributed by atoms with Crippen molar-refractivity contribution < 1.29 is 59.0 Å². The minimum Gasteiger partial charge on any atom is -0.492 e. The van der Waals surface area contributed by atoms with E-state index in [0.717, 1.165) is 12.1 Å². The molecule has 0 bridgehead atoms. The van der Waals surface area contributed by atoms with Gasteiger partial charge < -0.3 is 20.3 Å². The van der Waals surface area contributed by atoms with Gasteiger partial charge in [0.05, 0.1) is 17.7 Å². The van der Waals surface area contributed by atoms with Gasteiger partial charge in [-0.1, -0.05) is 0 Å². The number of halogens is 9. The molecule has 17 heteroatoms. The van der Waals surface area contributed by atoms with Gasteiger partial charge in [-0.3, -0.25) is 9.36 Å². The summed E-state index contributed by atoms with van der Waals surface area (Å²) in [5, 5.41) is -0.283. The number of primary amides is 1. The van der Waals surface area contributed by atoms with Gasteiger partial charge in [-0.2, -0.15) is 26.3 Å². The first-order chi connectivity index (χ1) is 14.3. The molecule has 0 radical (unpaired) electrons. The number of amides is 1. The van der Waals surface area contributed by atoms with Gasteiger partial charge >= 0.3 is 31.5 Å². The summed E-state index contributed by atoms with van der Waals surface area (Å²) in [6.45, 7) is -1.31. The van der Waals surface area contributed by atoms with Gasteiger partial charge in [-0.05, 0) is 28.1 Å². The fraction of sp³-hybridized carbons (Fsp3) is 0.400. The third kappa shape index (κ3) is 4.74. The Morgan fingerprint density at radius 2 is 1.75 bits per heavy atom. The minimum absolute atomic E-state index is 0.0513. The van der Waals surface area contributed by atoms with Gasteiger partial charge in [0.25, 0.3) is 0 Å². The molecular formula is C15H11BrF8NO5PS. The van der Waals surface area contributed by atoms with Crippen LogP contribution in [0.2, 0.25) is 0 Å². The number of fused-ring (bicyclic) bond motifs is 1. The Balaban J connectivity index is 2.51. The van der Waals surface area contributed by atoms with Gasteiger partial charge in [-0.15, -0.1) is 11.3 Å². The maximum Gasteiger partial charge on any atom is 0.400 e. The first-order valence-corrected chi connectivity index (χ1v) is 11.2. The molecule has 0 fully saturated rings. The van der Waals surface area contributed by atoms with E-state index in [-0.39, 0.29) is 21.4 Å². The number of benzene rings is 1. The van der Waals surface area contributed by atoms with Crippen LogP contribution in [0.25, 0.3) is 10.1 Å². The van der Waals surface area contributed by atoms with E-state index in [1.54, 1.807) is 0 Å². The number of hydrogen-bond donors (Lipinski definition) is 3. The molecule has 0 saturated heterocycles. The number of rotatable bonds is 9. The van der Waals surface area contributed by atoms with Crippen molar-refractivity contribution in [1.29, 1.82) is 0 Å². The molecule has 180 valence electrons. The summed E-state index contributed by atoms with van der Waals surface area (Å²) >= 11 is 2.77. The summed E-state index contributed by atoms with van der Waals surface area (Å²) in [6, 6.07) is 1.72. The number of nitrogens with two attached hydrogens (primary N) is 1. The highest BCUT2D eigenvalue weighted by molar-refractivity contribution is 9.10. The SMILES string of the molecule is NC(=O)c1cc(OCCC(F)(F)C(F)(F)C(F)F)c2sc(C(F)(F)P(=O)(O)O)c(Br)c2c1. The fourth-order valence-corrected chi connectivity index (χ4v) is 5.31. The monoisotopic (exact) mass is 579 g/mol. The molecular weight excluding hydrogens is 569 g/mol. The molecule has 0 aliphatic carbocycles. The standard InChI is InChI=1S/C15H11BrF8NO5PS/c16-8-6-3-5(11(25)26)4-7(9(6)32-10(8)15(23,24)31(27,28)29)30-2-1-13(19,20)14(21,22)12(17)18/h3-4,12H,1-2H2,(H2,25,26)(H2,27,28,29). The molecule has 4 N–H and O–H groups in total. The van der Waals surface area contributed by atoms with E-state index >= 15 is 0 Å². The number of thiophene rings is 1. The smallest absolute Gasteiger partial charge is 0.400 e. The molecule has 0 unspecified atom stereocenters. The molecule has 6 nitrogen and oxygen atoms in total. The van der Waals surface area contributed by atoms with Crippen LogP contribution in [0.3, 0.4) is 0 Å². The van der Waals surface area contributed by atoms with E-state index in [9.17, 15) is 44.5 Å².